The summed E-state index contributed by atoms with van der Waals surface area (Å²) in [5, 5.41) is 10.7. The van der Waals surface area contributed by atoms with Crippen LogP contribution in [0, 0.1) is 11.8 Å². The molecular formula is C29H33N5O3S. The monoisotopic (exact) mass is 531 g/mol. The lowest BCUT2D eigenvalue weighted by molar-refractivity contribution is -0.140. The van der Waals surface area contributed by atoms with E-state index in [1.54, 1.807) is 4.90 Å². The van der Waals surface area contributed by atoms with E-state index in [0.717, 1.165) is 35.9 Å². The molecule has 2 aliphatic rings. The SMILES string of the molecule is CC(CCC1CC1)C(=O)N[C@H](C(=O)N1CCC[C@H]1C(=O)Nc1snnc1-c1ccccc1)c1ccccc1. The van der Waals surface area contributed by atoms with E-state index in [9.17, 15) is 14.4 Å². The van der Waals surface area contributed by atoms with E-state index in [1.165, 1.54) is 12.8 Å². The van der Waals surface area contributed by atoms with E-state index < -0.39 is 12.1 Å². The second-order valence-electron chi connectivity index (χ2n) is 10.3. The molecule has 9 heteroatoms. The molecule has 1 aliphatic heterocycles. The Kier molecular flexibility index (Phi) is 8.12. The van der Waals surface area contributed by atoms with Gasteiger partial charge >= 0.3 is 0 Å². The molecule has 2 fully saturated rings. The fraction of sp³-hybridized carbons (Fsp3) is 0.414. The van der Waals surface area contributed by atoms with E-state index in [4.69, 9.17) is 0 Å². The van der Waals surface area contributed by atoms with Crippen molar-refractivity contribution in [3.8, 4) is 11.3 Å². The van der Waals surface area contributed by atoms with Gasteiger partial charge in [0, 0.05) is 29.6 Å². The number of hydrogen-bond donors (Lipinski definition) is 2. The number of benzene rings is 2. The van der Waals surface area contributed by atoms with Gasteiger partial charge < -0.3 is 15.5 Å². The Morgan fingerprint density at radius 1 is 1.03 bits per heavy atom. The number of carbonyl (C=O) groups is 3. The predicted octanol–water partition coefficient (Wildman–Crippen LogP) is 4.82. The van der Waals surface area contributed by atoms with Crippen LogP contribution in [0.3, 0.4) is 0 Å². The number of carbonyl (C=O) groups excluding carboxylic acids is 3. The summed E-state index contributed by atoms with van der Waals surface area (Å²) in [5.41, 5.74) is 2.18. The van der Waals surface area contributed by atoms with E-state index in [2.05, 4.69) is 20.2 Å². The lowest BCUT2D eigenvalue weighted by atomic mass is 10.00. The molecule has 0 bridgehead atoms. The molecule has 1 saturated heterocycles. The number of nitrogens with one attached hydrogen (secondary N) is 2. The minimum atomic E-state index is -0.842. The molecule has 38 heavy (non-hydrogen) atoms. The zero-order valence-electron chi connectivity index (χ0n) is 21.5. The highest BCUT2D eigenvalue weighted by Gasteiger charge is 2.39. The summed E-state index contributed by atoms with van der Waals surface area (Å²) in [6, 6.07) is 17.4. The summed E-state index contributed by atoms with van der Waals surface area (Å²) in [4.78, 5) is 42.0. The Balaban J connectivity index is 1.30. The first-order valence-corrected chi connectivity index (χ1v) is 14.1. The lowest BCUT2D eigenvalue weighted by Gasteiger charge is -2.29. The normalized spacial score (nSPS) is 18.6. The highest BCUT2D eigenvalue weighted by Crippen LogP contribution is 2.35. The number of rotatable bonds is 10. The number of amides is 3. The summed E-state index contributed by atoms with van der Waals surface area (Å²) in [7, 11) is 0. The van der Waals surface area contributed by atoms with Gasteiger partial charge in [0.2, 0.25) is 17.7 Å². The van der Waals surface area contributed by atoms with Crippen LogP contribution < -0.4 is 10.6 Å². The van der Waals surface area contributed by atoms with Crippen LogP contribution in [0.1, 0.15) is 57.1 Å². The number of likely N-dealkylation sites (tertiary alicyclic amines) is 1. The smallest absolute Gasteiger partial charge is 0.250 e. The Labute approximate surface area is 227 Å². The number of hydrogen-bond acceptors (Lipinski definition) is 6. The zero-order valence-corrected chi connectivity index (χ0v) is 22.3. The first-order chi connectivity index (χ1) is 18.5. The van der Waals surface area contributed by atoms with Crippen LogP contribution in [0.4, 0.5) is 5.00 Å². The lowest BCUT2D eigenvalue weighted by Crippen LogP contribution is -2.49. The Morgan fingerprint density at radius 2 is 1.74 bits per heavy atom. The number of nitrogens with zero attached hydrogens (tertiary/aromatic N) is 3. The molecule has 3 aromatic rings. The van der Waals surface area contributed by atoms with Crippen molar-refractivity contribution in [2.75, 3.05) is 11.9 Å². The molecular weight excluding hydrogens is 498 g/mol. The van der Waals surface area contributed by atoms with Crippen molar-refractivity contribution in [2.45, 2.75) is 57.5 Å². The molecule has 2 heterocycles. The quantitative estimate of drug-likeness (QED) is 0.390. The molecule has 0 spiro atoms. The molecule has 1 unspecified atom stereocenters. The third-order valence-corrected chi connectivity index (χ3v) is 8.07. The van der Waals surface area contributed by atoms with Gasteiger partial charge in [-0.1, -0.05) is 84.9 Å². The topological polar surface area (TPSA) is 104 Å². The minimum absolute atomic E-state index is 0.128. The first-order valence-electron chi connectivity index (χ1n) is 13.4. The third-order valence-electron chi connectivity index (χ3n) is 7.43. The summed E-state index contributed by atoms with van der Waals surface area (Å²) in [6.45, 7) is 2.38. The fourth-order valence-electron chi connectivity index (χ4n) is 4.96. The predicted molar refractivity (Wildman–Crippen MR) is 147 cm³/mol. The van der Waals surface area contributed by atoms with Crippen LogP contribution in [-0.2, 0) is 14.4 Å². The summed E-state index contributed by atoms with van der Waals surface area (Å²) in [5.74, 6) is -0.0899. The van der Waals surface area contributed by atoms with Gasteiger partial charge in [0.25, 0.3) is 0 Å². The molecule has 0 radical (unpaired) electrons. The number of anilines is 1. The van der Waals surface area contributed by atoms with Gasteiger partial charge in [0.05, 0.1) is 0 Å². The second kappa shape index (κ2) is 11.9. The molecule has 1 saturated carbocycles. The summed E-state index contributed by atoms with van der Waals surface area (Å²) >= 11 is 1.11. The zero-order chi connectivity index (χ0) is 26.5. The van der Waals surface area contributed by atoms with Crippen molar-refractivity contribution in [1.82, 2.24) is 19.8 Å². The molecule has 1 aromatic heterocycles. The summed E-state index contributed by atoms with van der Waals surface area (Å²) in [6.07, 6.45) is 5.63. The molecule has 1 aliphatic carbocycles. The Hall–Kier alpha value is -3.59. The fourth-order valence-corrected chi connectivity index (χ4v) is 5.56. The van der Waals surface area contributed by atoms with Gasteiger partial charge in [-0.15, -0.1) is 5.10 Å². The molecule has 2 N–H and O–H groups in total. The van der Waals surface area contributed by atoms with Crippen LogP contribution in [0.5, 0.6) is 0 Å². The molecule has 3 amide bonds. The highest BCUT2D eigenvalue weighted by atomic mass is 32.1. The maximum Gasteiger partial charge on any atom is 0.250 e. The van der Waals surface area contributed by atoms with Gasteiger partial charge in [-0.05, 0) is 37.2 Å². The highest BCUT2D eigenvalue weighted by molar-refractivity contribution is 7.10. The van der Waals surface area contributed by atoms with E-state index in [1.807, 2.05) is 67.6 Å². The minimum Gasteiger partial charge on any atom is -0.340 e. The van der Waals surface area contributed by atoms with Crippen LogP contribution in [0.15, 0.2) is 60.7 Å². The van der Waals surface area contributed by atoms with Crippen molar-refractivity contribution in [2.24, 2.45) is 11.8 Å². The second-order valence-corrected chi connectivity index (χ2v) is 11.0. The van der Waals surface area contributed by atoms with Crippen molar-refractivity contribution in [3.05, 3.63) is 66.2 Å². The van der Waals surface area contributed by atoms with Crippen molar-refractivity contribution in [3.63, 3.8) is 0 Å². The first kappa shape index (κ1) is 26.0. The van der Waals surface area contributed by atoms with E-state index in [-0.39, 0.29) is 23.6 Å². The Bertz CT molecular complexity index is 1260. The van der Waals surface area contributed by atoms with Crippen LogP contribution >= 0.6 is 11.5 Å². The third kappa shape index (κ3) is 6.10. The molecule has 8 nitrogen and oxygen atoms in total. The maximum absolute atomic E-state index is 13.9. The van der Waals surface area contributed by atoms with Gasteiger partial charge in [-0.25, -0.2) is 0 Å². The van der Waals surface area contributed by atoms with Gasteiger partial charge in [-0.3, -0.25) is 14.4 Å². The molecule has 3 atom stereocenters. The largest absolute Gasteiger partial charge is 0.340 e. The molecule has 5 rings (SSSR count). The summed E-state index contributed by atoms with van der Waals surface area (Å²) < 4.78 is 4.03. The average molecular weight is 532 g/mol. The standard InChI is InChI=1S/C29H33N5O3S/c1-19(14-15-20-16-17-20)26(35)30-25(22-11-6-3-7-12-22)29(37)34-18-8-13-23(34)27(36)31-28-24(32-33-38-28)21-9-4-2-5-10-21/h2-7,9-12,19-20,23,25H,8,13-18H2,1H3,(H,30,35)(H,31,36)/t19?,23-,25-/m0/s1. The van der Waals surface area contributed by atoms with Crippen LogP contribution in [0.25, 0.3) is 11.3 Å². The van der Waals surface area contributed by atoms with E-state index in [0.29, 0.717) is 35.6 Å². The van der Waals surface area contributed by atoms with Crippen molar-refractivity contribution < 1.29 is 14.4 Å². The average Bonchev–Trinajstić information content (AvgIpc) is 3.44. The van der Waals surface area contributed by atoms with E-state index >= 15 is 0 Å². The maximum atomic E-state index is 13.9. The van der Waals surface area contributed by atoms with Crippen LogP contribution in [-0.4, -0.2) is 44.8 Å². The molecule has 2 aromatic carbocycles. The van der Waals surface area contributed by atoms with Gasteiger partial charge in [0.15, 0.2) is 0 Å². The Morgan fingerprint density at radius 3 is 2.45 bits per heavy atom. The molecule has 198 valence electrons. The van der Waals surface area contributed by atoms with Crippen LogP contribution in [0.2, 0.25) is 0 Å². The van der Waals surface area contributed by atoms with Gasteiger partial charge in [0.1, 0.15) is 22.8 Å². The van der Waals surface area contributed by atoms with Crippen molar-refractivity contribution in [1.29, 1.82) is 0 Å². The van der Waals surface area contributed by atoms with Gasteiger partial charge in [-0.2, -0.15) is 0 Å². The van der Waals surface area contributed by atoms with Crippen molar-refractivity contribution >= 4 is 34.3 Å². The number of aromatic nitrogens is 2.